The van der Waals surface area contributed by atoms with Crippen molar-refractivity contribution in [1.82, 2.24) is 4.90 Å². The van der Waals surface area contributed by atoms with Gasteiger partial charge < -0.3 is 14.8 Å². The molecule has 0 spiro atoms. The highest BCUT2D eigenvalue weighted by atomic mass is 79.9. The monoisotopic (exact) mass is 626 g/mol. The standard InChI is InChI=1S/C25H28Br2N2O7/c1-2-3-10-35-25(34)13-4-6-14(7-5-13)28-17(30)12-36-18(31)8-9-29-23(32)19-15-11-16(20(19)24(29)33)22(27)21(15)26/h4-7,15-16,19-22H,2-3,8-12H2,1H3,(H,28,30)/t15-,16-,19-,20+,21+,22+/m1/s1. The fourth-order valence-corrected chi connectivity index (χ4v) is 7.20. The van der Waals surface area contributed by atoms with E-state index in [-0.39, 0.29) is 58.1 Å². The van der Waals surface area contributed by atoms with Crippen LogP contribution in [0.15, 0.2) is 24.3 Å². The summed E-state index contributed by atoms with van der Waals surface area (Å²) in [6, 6.07) is 6.19. The number of unbranched alkanes of at least 4 members (excludes halogenated alkanes) is 1. The summed E-state index contributed by atoms with van der Waals surface area (Å²) in [7, 11) is 0. The highest BCUT2D eigenvalue weighted by Gasteiger charge is 2.66. The minimum Gasteiger partial charge on any atom is -0.462 e. The second kappa shape index (κ2) is 11.4. The number of imide groups is 1. The van der Waals surface area contributed by atoms with Crippen LogP contribution in [0.2, 0.25) is 0 Å². The number of likely N-dealkylation sites (tertiary alicyclic amines) is 1. The molecule has 0 unspecified atom stereocenters. The molecule has 9 nitrogen and oxygen atoms in total. The van der Waals surface area contributed by atoms with E-state index in [0.717, 1.165) is 19.3 Å². The number of hydrogen-bond donors (Lipinski definition) is 1. The lowest BCUT2D eigenvalue weighted by Crippen LogP contribution is -2.37. The fourth-order valence-electron chi connectivity index (χ4n) is 5.33. The van der Waals surface area contributed by atoms with Crippen LogP contribution in [0.25, 0.3) is 0 Å². The molecule has 1 aromatic rings. The largest absolute Gasteiger partial charge is 0.462 e. The van der Waals surface area contributed by atoms with Crippen molar-refractivity contribution in [3.8, 4) is 0 Å². The summed E-state index contributed by atoms with van der Waals surface area (Å²) in [5, 5.41) is 2.58. The molecule has 3 aliphatic rings. The Kier molecular flexibility index (Phi) is 8.49. The number of carbonyl (C=O) groups excluding carboxylic acids is 5. The van der Waals surface area contributed by atoms with Crippen molar-refractivity contribution in [3.05, 3.63) is 29.8 Å². The summed E-state index contributed by atoms with van der Waals surface area (Å²) in [4.78, 5) is 63.5. The van der Waals surface area contributed by atoms with Gasteiger partial charge in [-0.15, -0.1) is 0 Å². The average molecular weight is 628 g/mol. The first-order chi connectivity index (χ1) is 17.2. The van der Waals surface area contributed by atoms with E-state index in [1.807, 2.05) is 6.92 Å². The van der Waals surface area contributed by atoms with Crippen molar-refractivity contribution in [2.24, 2.45) is 23.7 Å². The number of ether oxygens (including phenoxy) is 2. The number of hydrogen-bond acceptors (Lipinski definition) is 7. The van der Waals surface area contributed by atoms with E-state index >= 15 is 0 Å². The van der Waals surface area contributed by atoms with Crippen molar-refractivity contribution < 1.29 is 33.4 Å². The van der Waals surface area contributed by atoms with Crippen LogP contribution in [0.1, 0.15) is 43.0 Å². The van der Waals surface area contributed by atoms with Crippen LogP contribution >= 0.6 is 31.9 Å². The molecule has 194 valence electrons. The topological polar surface area (TPSA) is 119 Å². The van der Waals surface area contributed by atoms with Crippen molar-refractivity contribution in [1.29, 1.82) is 0 Å². The first-order valence-corrected chi connectivity index (χ1v) is 13.9. The summed E-state index contributed by atoms with van der Waals surface area (Å²) < 4.78 is 10.2. The summed E-state index contributed by atoms with van der Waals surface area (Å²) in [6.45, 7) is 1.80. The molecular weight excluding hydrogens is 600 g/mol. The van der Waals surface area contributed by atoms with Crippen LogP contribution in [0.5, 0.6) is 0 Å². The predicted molar refractivity (Wildman–Crippen MR) is 137 cm³/mol. The van der Waals surface area contributed by atoms with Crippen molar-refractivity contribution in [3.63, 3.8) is 0 Å². The highest BCUT2D eigenvalue weighted by Crippen LogP contribution is 2.60. The number of rotatable bonds is 10. The predicted octanol–water partition coefficient (Wildman–Crippen LogP) is 3.29. The maximum atomic E-state index is 12.9. The lowest BCUT2D eigenvalue weighted by molar-refractivity contribution is -0.149. The molecule has 2 saturated carbocycles. The second-order valence-electron chi connectivity index (χ2n) is 9.36. The fraction of sp³-hybridized carbons (Fsp3) is 0.560. The normalized spacial score (nSPS) is 28.2. The molecule has 1 N–H and O–H groups in total. The molecule has 0 aromatic heterocycles. The number of nitrogens with zero attached hydrogens (tertiary/aromatic N) is 1. The summed E-state index contributed by atoms with van der Waals surface area (Å²) in [5.74, 6) is -2.52. The number of esters is 2. The smallest absolute Gasteiger partial charge is 0.338 e. The molecule has 0 radical (unpaired) electrons. The summed E-state index contributed by atoms with van der Waals surface area (Å²) in [6.07, 6.45) is 2.38. The number of nitrogens with one attached hydrogen (secondary N) is 1. The Balaban J connectivity index is 1.19. The molecule has 2 aliphatic carbocycles. The van der Waals surface area contributed by atoms with Gasteiger partial charge in [-0.25, -0.2) is 4.79 Å². The van der Waals surface area contributed by atoms with Gasteiger partial charge in [0.05, 0.1) is 30.4 Å². The number of alkyl halides is 2. The number of anilines is 1. The van der Waals surface area contributed by atoms with E-state index < -0.39 is 24.5 Å². The van der Waals surface area contributed by atoms with Gasteiger partial charge >= 0.3 is 11.9 Å². The minimum absolute atomic E-state index is 0.0553. The first-order valence-electron chi connectivity index (χ1n) is 12.1. The maximum Gasteiger partial charge on any atom is 0.338 e. The zero-order chi connectivity index (χ0) is 26.0. The van der Waals surface area contributed by atoms with E-state index in [1.54, 1.807) is 12.1 Å². The van der Waals surface area contributed by atoms with Crippen LogP contribution in [0.4, 0.5) is 5.69 Å². The zero-order valence-corrected chi connectivity index (χ0v) is 23.0. The molecule has 11 heteroatoms. The number of halogens is 2. The van der Waals surface area contributed by atoms with Crippen LogP contribution in [0.3, 0.4) is 0 Å². The third-order valence-corrected chi connectivity index (χ3v) is 10.3. The summed E-state index contributed by atoms with van der Waals surface area (Å²) >= 11 is 7.29. The molecule has 2 bridgehead atoms. The van der Waals surface area contributed by atoms with Gasteiger partial charge in [-0.1, -0.05) is 45.2 Å². The quantitative estimate of drug-likeness (QED) is 0.183. The van der Waals surface area contributed by atoms with E-state index in [4.69, 9.17) is 9.47 Å². The maximum absolute atomic E-state index is 12.9. The molecule has 1 heterocycles. The van der Waals surface area contributed by atoms with Crippen molar-refractivity contribution >= 4 is 67.2 Å². The van der Waals surface area contributed by atoms with Gasteiger partial charge in [-0.3, -0.25) is 24.1 Å². The molecule has 6 atom stereocenters. The Morgan fingerprint density at radius 1 is 1.00 bits per heavy atom. The molecule has 1 saturated heterocycles. The Labute approximate surface area is 225 Å². The average Bonchev–Trinajstić information content (AvgIpc) is 3.47. The van der Waals surface area contributed by atoms with Crippen LogP contribution in [0, 0.1) is 23.7 Å². The van der Waals surface area contributed by atoms with Gasteiger partial charge in [0, 0.05) is 21.9 Å². The van der Waals surface area contributed by atoms with Gasteiger partial charge in [0.2, 0.25) is 11.8 Å². The van der Waals surface area contributed by atoms with E-state index in [2.05, 4.69) is 37.2 Å². The van der Waals surface area contributed by atoms with E-state index in [0.29, 0.717) is 17.9 Å². The summed E-state index contributed by atoms with van der Waals surface area (Å²) in [5.41, 5.74) is 0.808. The van der Waals surface area contributed by atoms with Crippen LogP contribution in [-0.2, 0) is 28.7 Å². The van der Waals surface area contributed by atoms with Gasteiger partial charge in [0.25, 0.3) is 5.91 Å². The lowest BCUT2D eigenvalue weighted by Gasteiger charge is -2.28. The molecule has 1 aromatic carbocycles. The lowest BCUT2D eigenvalue weighted by atomic mass is 9.81. The van der Waals surface area contributed by atoms with Crippen molar-refractivity contribution in [2.75, 3.05) is 25.1 Å². The van der Waals surface area contributed by atoms with Crippen LogP contribution in [-0.4, -0.2) is 64.0 Å². The number of benzene rings is 1. The van der Waals surface area contributed by atoms with Gasteiger partial charge in [-0.2, -0.15) is 0 Å². The Morgan fingerprint density at radius 3 is 2.19 bits per heavy atom. The third-order valence-electron chi connectivity index (χ3n) is 7.12. The molecule has 4 rings (SSSR count). The number of amides is 3. The van der Waals surface area contributed by atoms with Gasteiger partial charge in [0.1, 0.15) is 0 Å². The first kappa shape index (κ1) is 26.8. The molecule has 1 aliphatic heterocycles. The Hall–Kier alpha value is -2.27. The number of carbonyl (C=O) groups is 5. The number of fused-ring (bicyclic) bond motifs is 5. The second-order valence-corrected chi connectivity index (χ2v) is 11.5. The molecule has 3 fully saturated rings. The molecular formula is C25H28Br2N2O7. The molecule has 36 heavy (non-hydrogen) atoms. The van der Waals surface area contributed by atoms with Crippen LogP contribution < -0.4 is 5.32 Å². The Bertz CT molecular complexity index is 1020. The minimum atomic E-state index is -0.673. The third kappa shape index (κ3) is 5.37. The zero-order valence-electron chi connectivity index (χ0n) is 19.8. The highest BCUT2D eigenvalue weighted by molar-refractivity contribution is 9.12. The van der Waals surface area contributed by atoms with E-state index in [1.165, 1.54) is 17.0 Å². The Morgan fingerprint density at radius 2 is 1.61 bits per heavy atom. The van der Waals surface area contributed by atoms with Crippen molar-refractivity contribution in [2.45, 2.75) is 42.3 Å². The molecule has 3 amide bonds. The van der Waals surface area contributed by atoms with E-state index in [9.17, 15) is 24.0 Å². The van der Waals surface area contributed by atoms with Gasteiger partial charge in [-0.05, 0) is 48.9 Å². The van der Waals surface area contributed by atoms with Gasteiger partial charge in [0.15, 0.2) is 6.61 Å². The SMILES string of the molecule is CCCCOC(=O)c1ccc(NC(=O)COC(=O)CCN2C(=O)[C@@H]3[C@H]4C[C@@H]([C@H](Br)[C@H]4Br)[C@@H]3C2=O)cc1.